The molecule has 1 heterocycles. The molecule has 1 amide bonds. The van der Waals surface area contributed by atoms with E-state index in [9.17, 15) is 14.0 Å². The fraction of sp³-hybridized carbons (Fsp3) is 0.438. The molecule has 1 aliphatic carbocycles. The number of nitrogens with one attached hydrogen (secondary N) is 2. The number of H-pyrrole nitrogens is 1. The molecule has 0 aliphatic heterocycles. The zero-order chi connectivity index (χ0) is 17.3. The van der Waals surface area contributed by atoms with Crippen LogP contribution in [0.1, 0.15) is 29.0 Å². The van der Waals surface area contributed by atoms with E-state index in [1.807, 2.05) is 0 Å². The minimum atomic E-state index is -0.442. The Hall–Kier alpha value is -2.15. The molecule has 0 saturated heterocycles. The highest BCUT2D eigenvalue weighted by atomic mass is 35.5. The van der Waals surface area contributed by atoms with E-state index in [0.29, 0.717) is 29.5 Å². The molecule has 0 radical (unpaired) electrons. The molecular formula is C16H18ClFN4O2. The van der Waals surface area contributed by atoms with E-state index in [-0.39, 0.29) is 17.6 Å². The van der Waals surface area contributed by atoms with Crippen molar-refractivity contribution in [2.24, 2.45) is 18.9 Å². The van der Waals surface area contributed by atoms with Gasteiger partial charge in [-0.25, -0.2) is 13.9 Å². The maximum Gasteiger partial charge on any atom is 0.343 e. The van der Waals surface area contributed by atoms with Gasteiger partial charge in [-0.15, -0.1) is 5.10 Å². The number of halogens is 2. The normalized spacial score (nSPS) is 15.3. The highest BCUT2D eigenvalue weighted by Crippen LogP contribution is 2.38. The van der Waals surface area contributed by atoms with Crippen LogP contribution in [0.3, 0.4) is 0 Å². The number of aromatic nitrogens is 3. The number of nitrogens with zero attached hydrogens (tertiary/aromatic N) is 2. The first kappa shape index (κ1) is 16.7. The second-order valence-electron chi connectivity index (χ2n) is 6.15. The fourth-order valence-corrected chi connectivity index (χ4v) is 2.91. The van der Waals surface area contributed by atoms with E-state index in [4.69, 9.17) is 11.6 Å². The second-order valence-corrected chi connectivity index (χ2v) is 6.59. The van der Waals surface area contributed by atoms with E-state index in [2.05, 4.69) is 15.4 Å². The third kappa shape index (κ3) is 3.84. The lowest BCUT2D eigenvalue weighted by molar-refractivity contribution is 0.0934. The molecule has 0 spiro atoms. The lowest BCUT2D eigenvalue weighted by Crippen LogP contribution is -2.32. The Morgan fingerprint density at radius 3 is 2.88 bits per heavy atom. The van der Waals surface area contributed by atoms with Crippen molar-refractivity contribution in [3.63, 3.8) is 0 Å². The van der Waals surface area contributed by atoms with Crippen LogP contribution in [0.2, 0.25) is 5.02 Å². The lowest BCUT2D eigenvalue weighted by Gasteiger charge is -2.17. The van der Waals surface area contributed by atoms with E-state index < -0.39 is 11.6 Å². The molecular weight excluding hydrogens is 335 g/mol. The Labute approximate surface area is 143 Å². The number of carbonyl (C=O) groups is 1. The molecule has 1 atom stereocenters. The Bertz CT molecular complexity index is 813. The highest BCUT2D eigenvalue weighted by molar-refractivity contribution is 6.30. The summed E-state index contributed by atoms with van der Waals surface area (Å²) in [5.74, 6) is -0.165. The summed E-state index contributed by atoms with van der Waals surface area (Å²) in [6.45, 7) is 0.407. The molecule has 1 aromatic carbocycles. The standard InChI is InChI=1S/C16H18ClFN4O2/c1-22-16(24)20-14(21-22)15(23)19-8-11(9-2-3-9)6-10-4-5-12(17)7-13(10)18/h4-5,7,9,11H,2-3,6,8H2,1H3,(H,19,23)(H,20,21,24)/t11-/m0/s1. The summed E-state index contributed by atoms with van der Waals surface area (Å²) in [5.41, 5.74) is 0.152. The SMILES string of the molecule is Cn1nc(C(=O)NC[C@H](Cc2ccc(Cl)cc2F)C2CC2)[nH]c1=O. The molecule has 2 aromatic rings. The summed E-state index contributed by atoms with van der Waals surface area (Å²) in [5, 5.41) is 6.96. The number of amides is 1. The fourth-order valence-electron chi connectivity index (χ4n) is 2.76. The predicted molar refractivity (Wildman–Crippen MR) is 87.5 cm³/mol. The van der Waals surface area contributed by atoms with Gasteiger partial charge in [0.1, 0.15) is 5.82 Å². The molecule has 0 unspecified atom stereocenters. The molecule has 24 heavy (non-hydrogen) atoms. The number of aromatic amines is 1. The molecule has 1 aromatic heterocycles. The quantitative estimate of drug-likeness (QED) is 0.833. The Kier molecular flexibility index (Phi) is 4.71. The van der Waals surface area contributed by atoms with Gasteiger partial charge in [-0.05, 0) is 48.8 Å². The van der Waals surface area contributed by atoms with Gasteiger partial charge in [0.15, 0.2) is 0 Å². The third-order valence-electron chi connectivity index (χ3n) is 4.30. The van der Waals surface area contributed by atoms with Crippen molar-refractivity contribution in [3.8, 4) is 0 Å². The van der Waals surface area contributed by atoms with Crippen molar-refractivity contribution >= 4 is 17.5 Å². The van der Waals surface area contributed by atoms with Gasteiger partial charge in [0.2, 0.25) is 5.82 Å². The van der Waals surface area contributed by atoms with Crippen molar-refractivity contribution in [1.82, 2.24) is 20.1 Å². The van der Waals surface area contributed by atoms with Crippen LogP contribution in [0.15, 0.2) is 23.0 Å². The first-order chi connectivity index (χ1) is 11.4. The van der Waals surface area contributed by atoms with E-state index in [0.717, 1.165) is 17.5 Å². The minimum absolute atomic E-state index is 0.0188. The number of hydrogen-bond acceptors (Lipinski definition) is 3. The zero-order valence-electron chi connectivity index (χ0n) is 13.2. The van der Waals surface area contributed by atoms with Gasteiger partial charge < -0.3 is 5.32 Å². The minimum Gasteiger partial charge on any atom is -0.349 e. The molecule has 1 fully saturated rings. The van der Waals surface area contributed by atoms with Gasteiger partial charge in [0.05, 0.1) is 0 Å². The second kappa shape index (κ2) is 6.76. The number of hydrogen-bond donors (Lipinski definition) is 2. The van der Waals surface area contributed by atoms with Crippen LogP contribution in [0.5, 0.6) is 0 Å². The number of rotatable bonds is 6. The molecule has 2 N–H and O–H groups in total. The van der Waals surface area contributed by atoms with Crippen LogP contribution < -0.4 is 11.0 Å². The summed E-state index contributed by atoms with van der Waals surface area (Å²) in [7, 11) is 1.46. The predicted octanol–water partition coefficient (Wildman–Crippen LogP) is 1.90. The smallest absolute Gasteiger partial charge is 0.343 e. The van der Waals surface area contributed by atoms with Crippen molar-refractivity contribution in [1.29, 1.82) is 0 Å². The summed E-state index contributed by atoms with van der Waals surface area (Å²) >= 11 is 5.78. The maximum atomic E-state index is 14.0. The zero-order valence-corrected chi connectivity index (χ0v) is 13.9. The molecule has 128 valence electrons. The van der Waals surface area contributed by atoms with Crippen LogP contribution >= 0.6 is 11.6 Å². The lowest BCUT2D eigenvalue weighted by atomic mass is 9.94. The summed E-state index contributed by atoms with van der Waals surface area (Å²) in [6.07, 6.45) is 2.69. The first-order valence-corrected chi connectivity index (χ1v) is 8.17. The number of carbonyl (C=O) groups excluding carboxylic acids is 1. The van der Waals surface area contributed by atoms with E-state index in [1.54, 1.807) is 12.1 Å². The van der Waals surface area contributed by atoms with Crippen LogP contribution in [0.25, 0.3) is 0 Å². The summed E-state index contributed by atoms with van der Waals surface area (Å²) in [6, 6.07) is 4.66. The Morgan fingerprint density at radius 2 is 2.29 bits per heavy atom. The van der Waals surface area contributed by atoms with Crippen molar-refractivity contribution in [2.45, 2.75) is 19.3 Å². The summed E-state index contributed by atoms with van der Waals surface area (Å²) < 4.78 is 15.0. The van der Waals surface area contributed by atoms with Gasteiger partial charge in [0.25, 0.3) is 5.91 Å². The van der Waals surface area contributed by atoms with Crippen LogP contribution in [-0.4, -0.2) is 27.2 Å². The molecule has 8 heteroatoms. The Morgan fingerprint density at radius 1 is 1.54 bits per heavy atom. The maximum absolute atomic E-state index is 14.0. The van der Waals surface area contributed by atoms with Crippen molar-refractivity contribution in [3.05, 3.63) is 50.9 Å². The van der Waals surface area contributed by atoms with Gasteiger partial charge >= 0.3 is 5.69 Å². The molecule has 0 bridgehead atoms. The van der Waals surface area contributed by atoms with Gasteiger partial charge in [0, 0.05) is 18.6 Å². The monoisotopic (exact) mass is 352 g/mol. The van der Waals surface area contributed by atoms with Crippen molar-refractivity contribution < 1.29 is 9.18 Å². The van der Waals surface area contributed by atoms with Gasteiger partial charge in [-0.1, -0.05) is 17.7 Å². The topological polar surface area (TPSA) is 79.8 Å². The van der Waals surface area contributed by atoms with Gasteiger partial charge in [-0.2, -0.15) is 0 Å². The largest absolute Gasteiger partial charge is 0.349 e. The Balaban J connectivity index is 1.64. The van der Waals surface area contributed by atoms with E-state index >= 15 is 0 Å². The number of benzene rings is 1. The third-order valence-corrected chi connectivity index (χ3v) is 4.53. The highest BCUT2D eigenvalue weighted by Gasteiger charge is 2.32. The van der Waals surface area contributed by atoms with Crippen LogP contribution in [-0.2, 0) is 13.5 Å². The number of aryl methyl sites for hydroxylation is 1. The first-order valence-electron chi connectivity index (χ1n) is 7.79. The average molecular weight is 353 g/mol. The molecule has 6 nitrogen and oxygen atoms in total. The van der Waals surface area contributed by atoms with Crippen LogP contribution in [0.4, 0.5) is 4.39 Å². The molecule has 1 saturated carbocycles. The van der Waals surface area contributed by atoms with Crippen LogP contribution in [0, 0.1) is 17.7 Å². The summed E-state index contributed by atoms with van der Waals surface area (Å²) in [4.78, 5) is 25.8. The van der Waals surface area contributed by atoms with Gasteiger partial charge in [-0.3, -0.25) is 9.78 Å². The van der Waals surface area contributed by atoms with Crippen molar-refractivity contribution in [2.75, 3.05) is 6.54 Å². The van der Waals surface area contributed by atoms with E-state index in [1.165, 1.54) is 13.1 Å². The average Bonchev–Trinajstić information content (AvgIpc) is 3.31. The molecule has 1 aliphatic rings. The molecule has 3 rings (SSSR count).